The number of phosphoric acid groups is 2. The van der Waals surface area contributed by atoms with Crippen molar-refractivity contribution in [3.05, 3.63) is 0 Å². The number of phosphoric ester groups is 2. The Balaban J connectivity index is 5.20. The lowest BCUT2D eigenvalue weighted by molar-refractivity contribution is -0.161. The van der Waals surface area contributed by atoms with Crippen LogP contribution in [0.25, 0.3) is 0 Å². The first kappa shape index (κ1) is 99.1. The monoisotopic (exact) mass is 1480 g/mol. The average molecular weight is 1480 g/mol. The van der Waals surface area contributed by atoms with E-state index in [1.54, 1.807) is 0 Å². The Hall–Kier alpha value is -1.94. The van der Waals surface area contributed by atoms with Gasteiger partial charge in [0.05, 0.1) is 26.4 Å². The quantitative estimate of drug-likeness (QED) is 0.0222. The van der Waals surface area contributed by atoms with Crippen LogP contribution in [-0.4, -0.2) is 96.7 Å². The summed E-state index contributed by atoms with van der Waals surface area (Å²) in [5, 5.41) is 10.6. The average Bonchev–Trinajstić information content (AvgIpc) is 0.975. The number of aliphatic hydroxyl groups excluding tert-OH is 1. The summed E-state index contributed by atoms with van der Waals surface area (Å²) in [6.45, 7) is 9.67. The highest BCUT2D eigenvalue weighted by atomic mass is 31.2. The maximum Gasteiger partial charge on any atom is 0.472 e. The molecule has 0 aromatic rings. The minimum Gasteiger partial charge on any atom is -0.462 e. The van der Waals surface area contributed by atoms with E-state index in [0.717, 1.165) is 102 Å². The van der Waals surface area contributed by atoms with E-state index in [2.05, 4.69) is 41.5 Å². The fourth-order valence-corrected chi connectivity index (χ4v) is 14.2. The molecule has 0 aliphatic heterocycles. The van der Waals surface area contributed by atoms with Gasteiger partial charge in [-0.2, -0.15) is 0 Å². The topological polar surface area (TPSA) is 237 Å². The van der Waals surface area contributed by atoms with Crippen LogP contribution >= 0.6 is 15.6 Å². The van der Waals surface area contributed by atoms with Gasteiger partial charge in [0.2, 0.25) is 0 Å². The molecular weight excluding hydrogens is 1320 g/mol. The van der Waals surface area contributed by atoms with Gasteiger partial charge in [-0.25, -0.2) is 9.13 Å². The van der Waals surface area contributed by atoms with Gasteiger partial charge in [0, 0.05) is 25.7 Å². The van der Waals surface area contributed by atoms with Crippen molar-refractivity contribution in [2.45, 2.75) is 452 Å². The van der Waals surface area contributed by atoms with E-state index in [-0.39, 0.29) is 25.7 Å². The number of aliphatic hydroxyl groups is 1. The van der Waals surface area contributed by atoms with E-state index in [4.69, 9.17) is 37.0 Å². The third-order valence-electron chi connectivity index (χ3n) is 19.9. The zero-order valence-corrected chi connectivity index (χ0v) is 68.0. The van der Waals surface area contributed by atoms with E-state index in [1.807, 2.05) is 0 Å². The molecule has 0 radical (unpaired) electrons. The molecule has 17 nitrogen and oxygen atoms in total. The van der Waals surface area contributed by atoms with Gasteiger partial charge >= 0.3 is 39.5 Å². The van der Waals surface area contributed by atoms with Gasteiger partial charge in [-0.05, 0) is 37.5 Å². The van der Waals surface area contributed by atoms with Crippen LogP contribution in [0.15, 0.2) is 0 Å². The summed E-state index contributed by atoms with van der Waals surface area (Å²) in [5.74, 6) is -0.492. The molecule has 0 saturated carbocycles. The van der Waals surface area contributed by atoms with Crippen molar-refractivity contribution in [3.63, 3.8) is 0 Å². The smallest absolute Gasteiger partial charge is 0.462 e. The molecule has 0 rings (SSSR count). The van der Waals surface area contributed by atoms with Crippen LogP contribution < -0.4 is 0 Å². The first-order chi connectivity index (χ1) is 48.9. The summed E-state index contributed by atoms with van der Waals surface area (Å²) in [6.07, 6.45) is 63.9. The summed E-state index contributed by atoms with van der Waals surface area (Å²) in [6, 6.07) is 0. The Labute approximate surface area is 619 Å². The van der Waals surface area contributed by atoms with Crippen LogP contribution in [0.2, 0.25) is 0 Å². The van der Waals surface area contributed by atoms with Crippen LogP contribution in [0.1, 0.15) is 433 Å². The van der Waals surface area contributed by atoms with Crippen molar-refractivity contribution < 1.29 is 80.2 Å². The molecule has 0 amide bonds. The molecule has 0 saturated heterocycles. The van der Waals surface area contributed by atoms with Crippen LogP contribution in [0.4, 0.5) is 0 Å². The number of esters is 4. The molecule has 600 valence electrons. The van der Waals surface area contributed by atoms with Gasteiger partial charge in [0.1, 0.15) is 19.3 Å². The van der Waals surface area contributed by atoms with Gasteiger partial charge in [0.25, 0.3) is 0 Å². The van der Waals surface area contributed by atoms with E-state index in [0.29, 0.717) is 25.7 Å². The van der Waals surface area contributed by atoms with Crippen LogP contribution in [0, 0.1) is 11.8 Å². The van der Waals surface area contributed by atoms with Gasteiger partial charge in [-0.1, -0.05) is 382 Å². The van der Waals surface area contributed by atoms with Gasteiger partial charge in [-0.15, -0.1) is 0 Å². The van der Waals surface area contributed by atoms with Crippen LogP contribution in [0.5, 0.6) is 0 Å². The molecule has 0 aromatic carbocycles. The summed E-state index contributed by atoms with van der Waals surface area (Å²) in [4.78, 5) is 73.0. The highest BCUT2D eigenvalue weighted by molar-refractivity contribution is 7.47. The third-order valence-corrected chi connectivity index (χ3v) is 21.8. The van der Waals surface area contributed by atoms with Gasteiger partial charge < -0.3 is 33.8 Å². The standard InChI is InChI=1S/C82H160O17P2/c1-7-11-13-15-17-19-20-21-22-23-24-25-26-27-28-29-34-37-41-48-54-60-66-81(86)98-77(71-93-80(85)65-59-53-47-40-36-33-31-30-32-35-39-44-50-56-62-74(5)9-3)72-96-100(88,89)94-68-76(83)69-95-101(90,91)97-73-78(70-92-79(84)64-58-52-46-38-18-16-14-12-8-2)99-82(87)67-61-55-49-43-42-45-51-57-63-75(6)10-4/h74-78,83H,7-73H2,1-6H3,(H,88,89)(H,90,91)/t74?,75?,76-,77-,78-/m1/s1. The second-order valence-electron chi connectivity index (χ2n) is 30.0. The first-order valence-corrected chi connectivity index (χ1v) is 45.6. The summed E-state index contributed by atoms with van der Waals surface area (Å²) < 4.78 is 68.7. The summed E-state index contributed by atoms with van der Waals surface area (Å²) in [5.41, 5.74) is 0. The maximum absolute atomic E-state index is 13.1. The minimum atomic E-state index is -4.96. The molecule has 0 fully saturated rings. The maximum atomic E-state index is 13.1. The predicted octanol–water partition coefficient (Wildman–Crippen LogP) is 24.7. The van der Waals surface area contributed by atoms with E-state index in [1.165, 1.54) is 250 Å². The Morgan fingerprint density at radius 3 is 0.703 bits per heavy atom. The zero-order chi connectivity index (χ0) is 74.2. The lowest BCUT2D eigenvalue weighted by atomic mass is 9.99. The predicted molar refractivity (Wildman–Crippen MR) is 414 cm³/mol. The third kappa shape index (κ3) is 73.4. The number of unbranched alkanes of at least 4 members (excludes halogenated alkanes) is 49. The van der Waals surface area contributed by atoms with E-state index >= 15 is 0 Å². The molecule has 101 heavy (non-hydrogen) atoms. The molecule has 0 aliphatic rings. The second-order valence-corrected chi connectivity index (χ2v) is 32.9. The summed E-state index contributed by atoms with van der Waals surface area (Å²) in [7, 11) is -9.92. The Bertz CT molecular complexity index is 1950. The SMILES string of the molecule is CCCCCCCCCCCCCCCCCCCCCCCCC(=O)O[C@H](COC(=O)CCCCCCCCCCCCCCCCC(C)CC)COP(=O)(O)OC[C@@H](O)COP(=O)(O)OC[C@@H](COC(=O)CCCCCCCCCCC)OC(=O)CCCCCCCCCCC(C)CC. The Kier molecular flexibility index (Phi) is 72.2. The number of carbonyl (C=O) groups excluding carboxylic acids is 4. The molecule has 0 heterocycles. The Morgan fingerprint density at radius 1 is 0.277 bits per heavy atom. The van der Waals surface area contributed by atoms with Gasteiger partial charge in [-0.3, -0.25) is 37.3 Å². The molecule has 0 bridgehead atoms. The molecule has 0 aromatic heterocycles. The fourth-order valence-electron chi connectivity index (χ4n) is 12.6. The largest absolute Gasteiger partial charge is 0.472 e. The van der Waals surface area contributed by atoms with E-state index < -0.39 is 97.5 Å². The molecule has 7 atom stereocenters. The van der Waals surface area contributed by atoms with Crippen molar-refractivity contribution in [1.29, 1.82) is 0 Å². The summed E-state index contributed by atoms with van der Waals surface area (Å²) >= 11 is 0. The number of hydrogen-bond donors (Lipinski definition) is 3. The highest BCUT2D eigenvalue weighted by Gasteiger charge is 2.30. The molecular formula is C82H160O17P2. The van der Waals surface area contributed by atoms with Crippen molar-refractivity contribution in [2.24, 2.45) is 11.8 Å². The minimum absolute atomic E-state index is 0.105. The lowest BCUT2D eigenvalue weighted by Gasteiger charge is -2.21. The molecule has 0 spiro atoms. The Morgan fingerprint density at radius 2 is 0.475 bits per heavy atom. The normalized spacial score (nSPS) is 14.4. The van der Waals surface area contributed by atoms with E-state index in [9.17, 15) is 43.2 Å². The van der Waals surface area contributed by atoms with Crippen LogP contribution in [0.3, 0.4) is 0 Å². The first-order valence-electron chi connectivity index (χ1n) is 42.6. The fraction of sp³-hybridized carbons (Fsp3) is 0.951. The second kappa shape index (κ2) is 73.6. The van der Waals surface area contributed by atoms with Gasteiger partial charge in [0.15, 0.2) is 12.2 Å². The molecule has 0 aliphatic carbocycles. The zero-order valence-electron chi connectivity index (χ0n) is 66.2. The van der Waals surface area contributed by atoms with Crippen molar-refractivity contribution in [1.82, 2.24) is 0 Å². The molecule has 3 N–H and O–H groups in total. The number of ether oxygens (including phenoxy) is 4. The number of hydrogen-bond acceptors (Lipinski definition) is 15. The molecule has 4 unspecified atom stereocenters. The molecule has 19 heteroatoms. The van der Waals surface area contributed by atoms with Crippen molar-refractivity contribution in [3.8, 4) is 0 Å². The number of rotatable bonds is 81. The highest BCUT2D eigenvalue weighted by Crippen LogP contribution is 2.45. The van der Waals surface area contributed by atoms with Crippen LogP contribution in [-0.2, 0) is 65.4 Å². The number of carbonyl (C=O) groups is 4. The van der Waals surface area contributed by atoms with Crippen molar-refractivity contribution >= 4 is 39.5 Å². The van der Waals surface area contributed by atoms with Crippen molar-refractivity contribution in [2.75, 3.05) is 39.6 Å². The lowest BCUT2D eigenvalue weighted by Crippen LogP contribution is -2.30.